The number of hydrogen-bond acceptors (Lipinski definition) is 18. The van der Waals surface area contributed by atoms with Gasteiger partial charge < -0.3 is 52.6 Å². The Morgan fingerprint density at radius 2 is 1.30 bits per heavy atom. The van der Waals surface area contributed by atoms with Gasteiger partial charge in [-0.15, -0.1) is 0 Å². The first-order valence-corrected chi connectivity index (χ1v) is 27.2. The monoisotopic (exact) mass is 1050 g/mol. The van der Waals surface area contributed by atoms with Crippen LogP contribution in [0.25, 0.3) is 0 Å². The lowest BCUT2D eigenvalue weighted by atomic mass is 9.73. The lowest BCUT2D eigenvalue weighted by Crippen LogP contribution is -2.62. The molecule has 0 aliphatic carbocycles. The van der Waals surface area contributed by atoms with Crippen LogP contribution in [-0.2, 0) is 66.5 Å². The number of ether oxygens (including phenoxy) is 9. The second kappa shape index (κ2) is 24.8. The molecule has 0 saturated carbocycles. The van der Waals surface area contributed by atoms with E-state index < -0.39 is 142 Å². The molecule has 2 aromatic rings. The molecule has 3 fully saturated rings. The maximum Gasteiger partial charge on any atom is 0.338 e. The number of ketones is 1. The number of carbonyl (C=O) groups excluding carboxylic acids is 4. The SMILES string of the molecule is CC[C@H]1OC(=O)[C@H](C)[C@@H](OC2C[C@@](C)(OC)[C@@H](OC(=O)c3ccccc3)[C@H](C)O2)[C@H](C)[C@@H](OC2O[C@H](C)C[C@H](N(C)C)[C@H]2OC(=O)c2ccccc2)[C@@](C)(OC)C[C@@H](C)C(=O)[C@H](C)[C@H](OS(C)(=O)=O)[C@@]1(O)CC. The average molecular weight is 1050 g/mol. The molecule has 3 aliphatic heterocycles. The van der Waals surface area contributed by atoms with Crippen molar-refractivity contribution in [1.29, 1.82) is 0 Å². The predicted octanol–water partition coefficient (Wildman–Crippen LogP) is 6.54. The van der Waals surface area contributed by atoms with Gasteiger partial charge in [-0.25, -0.2) is 9.59 Å². The molecule has 0 spiro atoms. The van der Waals surface area contributed by atoms with Crippen LogP contribution in [0.4, 0.5) is 0 Å². The molecule has 0 radical (unpaired) electrons. The molecule has 3 aliphatic rings. The fraction of sp³-hybridized carbons (Fsp3) is 0.704. The summed E-state index contributed by atoms with van der Waals surface area (Å²) in [6.07, 6.45) is -9.84. The molecule has 18 atom stereocenters. The third-order valence-electron chi connectivity index (χ3n) is 15.3. The number of methoxy groups -OCH3 is 2. The molecule has 2 aromatic carbocycles. The highest BCUT2D eigenvalue weighted by Gasteiger charge is 2.56. The maximum absolute atomic E-state index is 15.0. The number of hydrogen-bond donors (Lipinski definition) is 1. The number of likely N-dealkylation sites (N-methyl/N-ethyl adjacent to an activating group) is 1. The van der Waals surface area contributed by atoms with E-state index in [2.05, 4.69) is 0 Å². The first kappa shape index (κ1) is 60.0. The smallest absolute Gasteiger partial charge is 0.338 e. The Balaban J connectivity index is 1.68. The van der Waals surface area contributed by atoms with Crippen molar-refractivity contribution >= 4 is 33.8 Å². The van der Waals surface area contributed by atoms with Crippen LogP contribution >= 0.6 is 0 Å². The number of cyclic esters (lactones) is 1. The zero-order valence-corrected chi connectivity index (χ0v) is 46.1. The van der Waals surface area contributed by atoms with E-state index in [0.717, 1.165) is 6.26 Å². The summed E-state index contributed by atoms with van der Waals surface area (Å²) >= 11 is 0. The van der Waals surface area contributed by atoms with Gasteiger partial charge in [-0.3, -0.25) is 13.8 Å². The van der Waals surface area contributed by atoms with E-state index in [1.54, 1.807) is 116 Å². The highest BCUT2D eigenvalue weighted by atomic mass is 32.2. The minimum Gasteiger partial charge on any atom is -0.459 e. The number of aliphatic hydroxyl groups is 1. The first-order chi connectivity index (χ1) is 34.2. The minimum atomic E-state index is -4.31. The van der Waals surface area contributed by atoms with Gasteiger partial charge in [0.25, 0.3) is 10.1 Å². The van der Waals surface area contributed by atoms with E-state index in [1.807, 2.05) is 25.9 Å². The summed E-state index contributed by atoms with van der Waals surface area (Å²) in [6, 6.07) is 16.7. The Labute approximate surface area is 432 Å². The van der Waals surface area contributed by atoms with Crippen LogP contribution in [0.15, 0.2) is 60.7 Å². The normalized spacial score (nSPS) is 38.2. The third-order valence-corrected chi connectivity index (χ3v) is 15.9. The Hall–Kier alpha value is -3.89. The molecular formula is C54H81NO17S. The molecule has 0 amide bonds. The van der Waals surface area contributed by atoms with E-state index in [1.165, 1.54) is 21.1 Å². The van der Waals surface area contributed by atoms with Gasteiger partial charge in [0.1, 0.15) is 29.2 Å². The van der Waals surface area contributed by atoms with Crippen molar-refractivity contribution in [3.63, 3.8) is 0 Å². The molecule has 410 valence electrons. The summed E-state index contributed by atoms with van der Waals surface area (Å²) in [5.41, 5.74) is -4.18. The lowest BCUT2D eigenvalue weighted by Gasteiger charge is -2.50. The van der Waals surface area contributed by atoms with E-state index in [9.17, 15) is 32.7 Å². The molecule has 73 heavy (non-hydrogen) atoms. The zero-order chi connectivity index (χ0) is 54.4. The molecule has 0 aromatic heterocycles. The fourth-order valence-electron chi connectivity index (χ4n) is 11.0. The summed E-state index contributed by atoms with van der Waals surface area (Å²) in [5, 5.41) is 12.6. The summed E-state index contributed by atoms with van der Waals surface area (Å²) in [7, 11) is 2.39. The number of carbonyl (C=O) groups is 4. The number of nitrogens with zero attached hydrogens (tertiary/aromatic N) is 1. The van der Waals surface area contributed by atoms with Crippen LogP contribution in [0, 0.1) is 23.7 Å². The van der Waals surface area contributed by atoms with Gasteiger partial charge in [0.15, 0.2) is 24.8 Å². The van der Waals surface area contributed by atoms with Crippen molar-refractivity contribution in [2.45, 2.75) is 186 Å². The molecule has 1 N–H and O–H groups in total. The van der Waals surface area contributed by atoms with Crippen LogP contribution in [0.2, 0.25) is 0 Å². The van der Waals surface area contributed by atoms with Crippen molar-refractivity contribution in [2.24, 2.45) is 23.7 Å². The van der Waals surface area contributed by atoms with Crippen LogP contribution in [0.5, 0.6) is 0 Å². The Morgan fingerprint density at radius 1 is 0.753 bits per heavy atom. The highest BCUT2D eigenvalue weighted by molar-refractivity contribution is 7.86. The summed E-state index contributed by atoms with van der Waals surface area (Å²) in [6.45, 7) is 17.0. The Morgan fingerprint density at radius 3 is 1.81 bits per heavy atom. The lowest BCUT2D eigenvalue weighted by molar-refractivity contribution is -0.318. The highest BCUT2D eigenvalue weighted by Crippen LogP contribution is 2.43. The van der Waals surface area contributed by atoms with Gasteiger partial charge in [0.05, 0.1) is 59.4 Å². The van der Waals surface area contributed by atoms with E-state index >= 15 is 0 Å². The largest absolute Gasteiger partial charge is 0.459 e. The third kappa shape index (κ3) is 13.9. The first-order valence-electron chi connectivity index (χ1n) is 25.4. The Bertz CT molecular complexity index is 2270. The van der Waals surface area contributed by atoms with Gasteiger partial charge >= 0.3 is 17.9 Å². The zero-order valence-electron chi connectivity index (χ0n) is 45.3. The summed E-state index contributed by atoms with van der Waals surface area (Å²) < 4.78 is 90.2. The molecule has 0 bridgehead atoms. The van der Waals surface area contributed by atoms with Crippen LogP contribution in [0.3, 0.4) is 0 Å². The van der Waals surface area contributed by atoms with Gasteiger partial charge in [0, 0.05) is 38.4 Å². The van der Waals surface area contributed by atoms with Crippen molar-refractivity contribution in [1.82, 2.24) is 4.90 Å². The topological polar surface area (TPSA) is 218 Å². The summed E-state index contributed by atoms with van der Waals surface area (Å²) in [5.74, 6) is -6.74. The van der Waals surface area contributed by atoms with E-state index in [0.29, 0.717) is 17.5 Å². The molecule has 19 heteroatoms. The van der Waals surface area contributed by atoms with Crippen LogP contribution < -0.4 is 0 Å². The quantitative estimate of drug-likeness (QED) is 0.114. The van der Waals surface area contributed by atoms with Crippen LogP contribution in [0.1, 0.15) is 122 Å². The minimum absolute atomic E-state index is 0.00329. The number of esters is 3. The molecule has 3 heterocycles. The fourth-order valence-corrected chi connectivity index (χ4v) is 11.8. The van der Waals surface area contributed by atoms with Crippen LogP contribution in [-0.4, -0.2) is 161 Å². The second-order valence-corrected chi connectivity index (χ2v) is 22.6. The Kier molecular flexibility index (Phi) is 20.4. The molecule has 3 saturated heterocycles. The second-order valence-electron chi connectivity index (χ2n) is 21.0. The number of benzene rings is 2. The molecule has 2 unspecified atom stereocenters. The predicted molar refractivity (Wildman–Crippen MR) is 269 cm³/mol. The summed E-state index contributed by atoms with van der Waals surface area (Å²) in [4.78, 5) is 59.1. The standard InChI is InChI=1S/C54H81NO17S/c1-16-40-54(60,17-2)46(72-73(15,61)62)33(5)42(56)31(3)29-52(9,63-13)45(71-51-44(39(55(11)12)28-32(4)65-51)69-49(58)37-24-20-18-21-25-37)34(6)43(35(7)48(57)67-40)68-41-30-53(10,64-14)47(36(8)66-41)70-50(59)38-26-22-19-23-27-38/h18-27,31-36,39-41,43-47,51,60H,16-17,28-30H2,1-15H3/t31-,32-,33+,34+,35-,36+,39+,40-,41?,43+,44-,45-,46+,47+,51?,52+,53-,54-/m1/s1. The van der Waals surface area contributed by atoms with Crippen molar-refractivity contribution < 1.29 is 79.5 Å². The van der Waals surface area contributed by atoms with Crippen molar-refractivity contribution in [2.75, 3.05) is 34.6 Å². The maximum atomic E-state index is 15.0. The van der Waals surface area contributed by atoms with Gasteiger partial charge in [-0.2, -0.15) is 8.42 Å². The van der Waals surface area contributed by atoms with Crippen molar-refractivity contribution in [3.05, 3.63) is 71.8 Å². The van der Waals surface area contributed by atoms with Gasteiger partial charge in [-0.1, -0.05) is 71.0 Å². The van der Waals surface area contributed by atoms with Crippen molar-refractivity contribution in [3.8, 4) is 0 Å². The number of rotatable bonds is 15. The molecule has 5 rings (SSSR count). The number of Topliss-reactive ketones (excluding diaryl/α,β-unsaturated/α-hetero) is 1. The molecule has 18 nitrogen and oxygen atoms in total. The van der Waals surface area contributed by atoms with Gasteiger partial charge in [-0.05, 0) is 98.7 Å². The molecular weight excluding hydrogens is 967 g/mol. The van der Waals surface area contributed by atoms with Gasteiger partial charge in [0.2, 0.25) is 0 Å². The average Bonchev–Trinajstić information content (AvgIpc) is 3.35. The van der Waals surface area contributed by atoms with E-state index in [-0.39, 0.29) is 25.7 Å². The van der Waals surface area contributed by atoms with E-state index in [4.69, 9.17) is 46.8 Å².